The normalized spacial score (nSPS) is 19.1. The first-order valence-electron chi connectivity index (χ1n) is 7.43. The molecule has 1 nitrogen and oxygen atoms in total. The van der Waals surface area contributed by atoms with Gasteiger partial charge < -0.3 is 5.73 Å². The van der Waals surface area contributed by atoms with Crippen LogP contribution in [0, 0.1) is 11.6 Å². The highest BCUT2D eigenvalue weighted by atomic mass is 19.1. The summed E-state index contributed by atoms with van der Waals surface area (Å²) in [6, 6.07) is 11.4. The predicted octanol–water partition coefficient (Wildman–Crippen LogP) is 4.47. The van der Waals surface area contributed by atoms with E-state index in [0.29, 0.717) is 12.3 Å². The number of aryl methyl sites for hydroxylation is 1. The average molecular weight is 287 g/mol. The number of hydrogen-bond acceptors (Lipinski definition) is 1. The molecule has 2 unspecified atom stereocenters. The highest BCUT2D eigenvalue weighted by Gasteiger charge is 2.23. The third kappa shape index (κ3) is 2.98. The fourth-order valence-corrected chi connectivity index (χ4v) is 3.33. The van der Waals surface area contributed by atoms with E-state index in [1.165, 1.54) is 17.2 Å². The Hall–Kier alpha value is -1.74. The summed E-state index contributed by atoms with van der Waals surface area (Å²) >= 11 is 0. The van der Waals surface area contributed by atoms with Crippen molar-refractivity contribution in [2.45, 2.75) is 37.6 Å². The molecule has 3 rings (SSSR count). The van der Waals surface area contributed by atoms with Crippen LogP contribution in [0.2, 0.25) is 0 Å². The number of fused-ring (bicyclic) bond motifs is 1. The quantitative estimate of drug-likeness (QED) is 0.885. The number of benzene rings is 2. The molecule has 0 bridgehead atoms. The maximum absolute atomic E-state index is 13.8. The Labute approximate surface area is 123 Å². The molecule has 1 aliphatic carbocycles. The van der Waals surface area contributed by atoms with E-state index in [1.54, 1.807) is 0 Å². The molecule has 1 aliphatic rings. The Morgan fingerprint density at radius 1 is 1.14 bits per heavy atom. The summed E-state index contributed by atoms with van der Waals surface area (Å²) < 4.78 is 27.1. The van der Waals surface area contributed by atoms with Crippen molar-refractivity contribution in [3.8, 4) is 0 Å². The molecule has 0 spiro atoms. The van der Waals surface area contributed by atoms with Gasteiger partial charge in [0.15, 0.2) is 0 Å². The Morgan fingerprint density at radius 3 is 2.81 bits per heavy atom. The Bertz CT molecular complexity index is 639. The molecule has 0 heterocycles. The lowest BCUT2D eigenvalue weighted by Crippen LogP contribution is -2.19. The lowest BCUT2D eigenvalue weighted by molar-refractivity contribution is 0.462. The zero-order chi connectivity index (χ0) is 14.8. The van der Waals surface area contributed by atoms with Crippen LogP contribution < -0.4 is 5.73 Å². The fraction of sp³-hybridized carbons (Fsp3) is 0.333. The van der Waals surface area contributed by atoms with E-state index in [4.69, 9.17) is 5.73 Å². The molecule has 0 radical (unpaired) electrons. The van der Waals surface area contributed by atoms with Crippen LogP contribution in [0.3, 0.4) is 0 Å². The van der Waals surface area contributed by atoms with Crippen molar-refractivity contribution in [2.24, 2.45) is 5.73 Å². The van der Waals surface area contributed by atoms with Gasteiger partial charge in [-0.3, -0.25) is 0 Å². The van der Waals surface area contributed by atoms with Crippen molar-refractivity contribution in [1.82, 2.24) is 0 Å². The summed E-state index contributed by atoms with van der Waals surface area (Å²) in [5.41, 5.74) is 9.10. The highest BCUT2D eigenvalue weighted by molar-refractivity contribution is 5.33. The van der Waals surface area contributed by atoms with Gasteiger partial charge in [0, 0.05) is 11.6 Å². The van der Waals surface area contributed by atoms with E-state index < -0.39 is 17.7 Å². The van der Waals surface area contributed by atoms with E-state index in [2.05, 4.69) is 12.1 Å². The van der Waals surface area contributed by atoms with Gasteiger partial charge in [0.05, 0.1) is 0 Å². The van der Waals surface area contributed by atoms with Crippen LogP contribution in [0.15, 0.2) is 42.5 Å². The Kier molecular flexibility index (Phi) is 4.02. The summed E-state index contributed by atoms with van der Waals surface area (Å²) in [5, 5.41) is 0. The van der Waals surface area contributed by atoms with Crippen molar-refractivity contribution in [3.05, 3.63) is 70.8 Å². The second-order valence-electron chi connectivity index (χ2n) is 5.80. The van der Waals surface area contributed by atoms with E-state index >= 15 is 0 Å². The molecule has 2 atom stereocenters. The van der Waals surface area contributed by atoms with Crippen molar-refractivity contribution in [2.75, 3.05) is 0 Å². The van der Waals surface area contributed by atoms with Gasteiger partial charge in [-0.2, -0.15) is 0 Å². The number of halogens is 2. The van der Waals surface area contributed by atoms with E-state index in [0.717, 1.165) is 31.4 Å². The first-order valence-corrected chi connectivity index (χ1v) is 7.43. The first-order chi connectivity index (χ1) is 10.1. The van der Waals surface area contributed by atoms with Crippen LogP contribution in [0.1, 0.15) is 47.9 Å². The molecule has 0 aromatic heterocycles. The van der Waals surface area contributed by atoms with Crippen molar-refractivity contribution >= 4 is 0 Å². The zero-order valence-electron chi connectivity index (χ0n) is 11.9. The lowest BCUT2D eigenvalue weighted by atomic mass is 9.79. The zero-order valence-corrected chi connectivity index (χ0v) is 11.9. The average Bonchev–Trinajstić information content (AvgIpc) is 2.50. The first kappa shape index (κ1) is 14.2. The molecular formula is C18H19F2N. The highest BCUT2D eigenvalue weighted by Crippen LogP contribution is 2.37. The summed E-state index contributed by atoms with van der Waals surface area (Å²) in [4.78, 5) is 0. The molecule has 2 aromatic carbocycles. The summed E-state index contributed by atoms with van der Waals surface area (Å²) in [6.07, 6.45) is 3.93. The van der Waals surface area contributed by atoms with Crippen LogP contribution in [0.4, 0.5) is 8.78 Å². The van der Waals surface area contributed by atoms with Gasteiger partial charge >= 0.3 is 0 Å². The van der Waals surface area contributed by atoms with Gasteiger partial charge in [-0.25, -0.2) is 8.78 Å². The van der Waals surface area contributed by atoms with Crippen molar-refractivity contribution in [1.29, 1.82) is 0 Å². The van der Waals surface area contributed by atoms with E-state index in [9.17, 15) is 8.78 Å². The third-order valence-electron chi connectivity index (χ3n) is 4.39. The maximum Gasteiger partial charge on any atom is 0.128 e. The minimum atomic E-state index is -0.475. The van der Waals surface area contributed by atoms with Crippen molar-refractivity contribution in [3.63, 3.8) is 0 Å². The minimum Gasteiger partial charge on any atom is -0.324 e. The largest absolute Gasteiger partial charge is 0.324 e. The summed E-state index contributed by atoms with van der Waals surface area (Å²) in [7, 11) is 0. The Balaban J connectivity index is 1.82. The van der Waals surface area contributed by atoms with Gasteiger partial charge in [0.2, 0.25) is 0 Å². The van der Waals surface area contributed by atoms with E-state index in [1.807, 2.05) is 12.1 Å². The van der Waals surface area contributed by atoms with Gasteiger partial charge in [0.25, 0.3) is 0 Å². The molecule has 110 valence electrons. The van der Waals surface area contributed by atoms with Crippen LogP contribution in [0.25, 0.3) is 0 Å². The monoisotopic (exact) mass is 287 g/mol. The van der Waals surface area contributed by atoms with Crippen LogP contribution >= 0.6 is 0 Å². The summed E-state index contributed by atoms with van der Waals surface area (Å²) in [5.74, 6) is -0.536. The molecule has 0 saturated carbocycles. The number of hydrogen-bond donors (Lipinski definition) is 1. The van der Waals surface area contributed by atoms with Gasteiger partial charge in [-0.1, -0.05) is 24.3 Å². The third-order valence-corrected chi connectivity index (χ3v) is 4.39. The number of rotatable bonds is 3. The van der Waals surface area contributed by atoms with Gasteiger partial charge in [-0.15, -0.1) is 0 Å². The molecule has 2 aromatic rings. The second kappa shape index (κ2) is 5.94. The SMILES string of the molecule is NC(CC1CCCc2ccccc21)c1cc(F)ccc1F. The summed E-state index contributed by atoms with van der Waals surface area (Å²) in [6.45, 7) is 0. The maximum atomic E-state index is 13.8. The second-order valence-corrected chi connectivity index (χ2v) is 5.80. The molecule has 0 aliphatic heterocycles. The Morgan fingerprint density at radius 2 is 1.95 bits per heavy atom. The van der Waals surface area contributed by atoms with Crippen LogP contribution in [0.5, 0.6) is 0 Å². The predicted molar refractivity (Wildman–Crippen MR) is 80.0 cm³/mol. The molecule has 21 heavy (non-hydrogen) atoms. The standard InChI is InChI=1S/C18H19F2N/c19-14-8-9-17(20)16(11-14)18(21)10-13-6-3-5-12-4-1-2-7-15(12)13/h1-2,4,7-9,11,13,18H,3,5-6,10,21H2. The minimum absolute atomic E-state index is 0.276. The van der Waals surface area contributed by atoms with Crippen LogP contribution in [-0.2, 0) is 6.42 Å². The van der Waals surface area contributed by atoms with Gasteiger partial charge in [-0.05, 0) is 60.9 Å². The topological polar surface area (TPSA) is 26.0 Å². The van der Waals surface area contributed by atoms with Gasteiger partial charge in [0.1, 0.15) is 11.6 Å². The van der Waals surface area contributed by atoms with Crippen molar-refractivity contribution < 1.29 is 8.78 Å². The number of nitrogens with two attached hydrogens (primary N) is 1. The fourth-order valence-electron chi connectivity index (χ4n) is 3.33. The molecular weight excluding hydrogens is 268 g/mol. The lowest BCUT2D eigenvalue weighted by Gasteiger charge is -2.28. The molecule has 3 heteroatoms. The molecule has 0 fully saturated rings. The van der Waals surface area contributed by atoms with Crippen LogP contribution in [-0.4, -0.2) is 0 Å². The smallest absolute Gasteiger partial charge is 0.128 e. The molecule has 0 amide bonds. The molecule has 0 saturated heterocycles. The van der Waals surface area contributed by atoms with E-state index in [-0.39, 0.29) is 5.56 Å². The molecule has 2 N–H and O–H groups in total.